The Kier molecular flexibility index (Phi) is 6.11. The van der Waals surface area contributed by atoms with Gasteiger partial charge >= 0.3 is 0 Å². The van der Waals surface area contributed by atoms with Crippen LogP contribution in [0.3, 0.4) is 0 Å². The van der Waals surface area contributed by atoms with E-state index in [0.29, 0.717) is 5.56 Å². The summed E-state index contributed by atoms with van der Waals surface area (Å²) >= 11 is 0. The van der Waals surface area contributed by atoms with Gasteiger partial charge in [-0.05, 0) is 42.8 Å². The van der Waals surface area contributed by atoms with Gasteiger partial charge in [0.05, 0.1) is 11.4 Å². The lowest BCUT2D eigenvalue weighted by atomic mass is 10.1. The number of hydrogen-bond acceptors (Lipinski definition) is 4. The first-order valence-electron chi connectivity index (χ1n) is 7.54. The van der Waals surface area contributed by atoms with Crippen LogP contribution in [0.25, 0.3) is 0 Å². The van der Waals surface area contributed by atoms with E-state index in [9.17, 15) is 18.0 Å². The molecule has 0 aromatic heterocycles. The van der Waals surface area contributed by atoms with Gasteiger partial charge in [-0.25, -0.2) is 8.42 Å². The maximum atomic E-state index is 12.1. The zero-order valence-corrected chi connectivity index (χ0v) is 14.8. The molecule has 7 nitrogen and oxygen atoms in total. The SMILES string of the molecule is C#CCNS(=O)(=O)c1ccc(C(=O)NNC(=O)c2ccccc2C)cc1. The maximum Gasteiger partial charge on any atom is 0.269 e. The summed E-state index contributed by atoms with van der Waals surface area (Å²) in [7, 11) is -3.73. The first-order valence-corrected chi connectivity index (χ1v) is 9.03. The summed E-state index contributed by atoms with van der Waals surface area (Å²) in [4.78, 5) is 24.1. The summed E-state index contributed by atoms with van der Waals surface area (Å²) in [6.07, 6.45) is 5.02. The lowest BCUT2D eigenvalue weighted by Gasteiger charge is -2.09. The molecule has 0 radical (unpaired) electrons. The predicted molar refractivity (Wildman–Crippen MR) is 96.6 cm³/mol. The van der Waals surface area contributed by atoms with Gasteiger partial charge in [0.15, 0.2) is 0 Å². The zero-order chi connectivity index (χ0) is 19.2. The summed E-state index contributed by atoms with van der Waals surface area (Å²) in [6, 6.07) is 12.2. The molecule has 2 amide bonds. The number of hydrogen-bond donors (Lipinski definition) is 3. The third-order valence-corrected chi connectivity index (χ3v) is 4.89. The van der Waals surface area contributed by atoms with Crippen LogP contribution in [0.15, 0.2) is 53.4 Å². The maximum absolute atomic E-state index is 12.1. The Labute approximate surface area is 151 Å². The van der Waals surface area contributed by atoms with Gasteiger partial charge in [-0.3, -0.25) is 20.4 Å². The number of amides is 2. The minimum absolute atomic E-state index is 0.0201. The number of carbonyl (C=O) groups excluding carboxylic acids is 2. The summed E-state index contributed by atoms with van der Waals surface area (Å²) in [5, 5.41) is 0. The molecule has 0 spiro atoms. The van der Waals surface area contributed by atoms with Crippen LogP contribution in [0.2, 0.25) is 0 Å². The summed E-state index contributed by atoms with van der Waals surface area (Å²) in [6.45, 7) is 1.65. The number of nitrogens with one attached hydrogen (secondary N) is 3. The third-order valence-electron chi connectivity index (χ3n) is 3.47. The van der Waals surface area contributed by atoms with Crippen molar-refractivity contribution in [3.63, 3.8) is 0 Å². The fourth-order valence-electron chi connectivity index (χ4n) is 2.09. The summed E-state index contributed by atoms with van der Waals surface area (Å²) in [5.41, 5.74) is 6.00. The Bertz CT molecular complexity index is 961. The standard InChI is InChI=1S/C18H17N3O4S/c1-3-12-19-26(24,25)15-10-8-14(9-11-15)17(22)20-21-18(23)16-7-5-4-6-13(16)2/h1,4-11,19H,12H2,2H3,(H,20,22)(H,21,23). The van der Waals surface area contributed by atoms with E-state index in [4.69, 9.17) is 6.42 Å². The van der Waals surface area contributed by atoms with Crippen molar-refractivity contribution in [1.82, 2.24) is 15.6 Å². The molecule has 2 rings (SSSR count). The molecule has 3 N–H and O–H groups in total. The van der Waals surface area contributed by atoms with Gasteiger partial charge in [0, 0.05) is 11.1 Å². The van der Waals surface area contributed by atoms with Crippen LogP contribution in [-0.2, 0) is 10.0 Å². The molecule has 0 aliphatic rings. The molecule has 8 heteroatoms. The van der Waals surface area contributed by atoms with Crippen molar-refractivity contribution in [3.05, 3.63) is 65.2 Å². The van der Waals surface area contributed by atoms with Gasteiger partial charge in [-0.1, -0.05) is 24.1 Å². The number of carbonyl (C=O) groups is 2. The monoisotopic (exact) mass is 371 g/mol. The quantitative estimate of drug-likeness (QED) is 0.538. The number of aryl methyl sites for hydroxylation is 1. The van der Waals surface area contributed by atoms with E-state index in [2.05, 4.69) is 21.5 Å². The van der Waals surface area contributed by atoms with Crippen LogP contribution in [0.1, 0.15) is 26.3 Å². The van der Waals surface area contributed by atoms with Gasteiger partial charge in [0.25, 0.3) is 11.8 Å². The minimum atomic E-state index is -3.73. The smallest absolute Gasteiger partial charge is 0.267 e. The van der Waals surface area contributed by atoms with Gasteiger partial charge < -0.3 is 0 Å². The van der Waals surface area contributed by atoms with E-state index in [-0.39, 0.29) is 17.0 Å². The molecule has 0 unspecified atom stereocenters. The topological polar surface area (TPSA) is 104 Å². The molecule has 134 valence electrons. The molecule has 2 aromatic carbocycles. The number of rotatable bonds is 5. The van der Waals surface area contributed by atoms with E-state index in [1.165, 1.54) is 24.3 Å². The normalized spacial score (nSPS) is 10.6. The zero-order valence-electron chi connectivity index (χ0n) is 13.9. The van der Waals surface area contributed by atoms with Crippen molar-refractivity contribution < 1.29 is 18.0 Å². The fourth-order valence-corrected chi connectivity index (χ4v) is 3.02. The molecule has 0 heterocycles. The predicted octanol–water partition coefficient (Wildman–Crippen LogP) is 0.981. The number of hydrazine groups is 1. The van der Waals surface area contributed by atoms with Crippen molar-refractivity contribution in [2.45, 2.75) is 11.8 Å². The van der Waals surface area contributed by atoms with Crippen molar-refractivity contribution in [1.29, 1.82) is 0 Å². The number of terminal acetylenes is 1. The van der Waals surface area contributed by atoms with E-state index < -0.39 is 21.8 Å². The largest absolute Gasteiger partial charge is 0.269 e. The van der Waals surface area contributed by atoms with Crippen LogP contribution >= 0.6 is 0 Å². The van der Waals surface area contributed by atoms with E-state index in [1.54, 1.807) is 31.2 Å². The Morgan fingerprint density at radius 2 is 1.62 bits per heavy atom. The van der Waals surface area contributed by atoms with Crippen molar-refractivity contribution >= 4 is 21.8 Å². The second kappa shape index (κ2) is 8.29. The van der Waals surface area contributed by atoms with Gasteiger partial charge in [0.2, 0.25) is 10.0 Å². The van der Waals surface area contributed by atoms with Crippen LogP contribution in [0.5, 0.6) is 0 Å². The first kappa shape index (κ1) is 19.2. The summed E-state index contributed by atoms with van der Waals surface area (Å²) in [5.74, 6) is 1.15. The van der Waals surface area contributed by atoms with Crippen LogP contribution < -0.4 is 15.6 Å². The van der Waals surface area contributed by atoms with Gasteiger partial charge in [-0.2, -0.15) is 4.72 Å². The molecule has 0 saturated heterocycles. The highest BCUT2D eigenvalue weighted by Crippen LogP contribution is 2.10. The molecule has 0 bridgehead atoms. The minimum Gasteiger partial charge on any atom is -0.267 e. The van der Waals surface area contributed by atoms with Crippen LogP contribution in [0.4, 0.5) is 0 Å². The highest BCUT2D eigenvalue weighted by molar-refractivity contribution is 7.89. The van der Waals surface area contributed by atoms with Crippen molar-refractivity contribution in [2.75, 3.05) is 6.54 Å². The Morgan fingerprint density at radius 3 is 2.23 bits per heavy atom. The van der Waals surface area contributed by atoms with E-state index in [0.717, 1.165) is 5.56 Å². The van der Waals surface area contributed by atoms with Crippen molar-refractivity contribution in [3.8, 4) is 12.3 Å². The third kappa shape index (κ3) is 4.69. The highest BCUT2D eigenvalue weighted by atomic mass is 32.2. The molecular weight excluding hydrogens is 354 g/mol. The second-order valence-corrected chi connectivity index (χ2v) is 7.04. The van der Waals surface area contributed by atoms with E-state index >= 15 is 0 Å². The van der Waals surface area contributed by atoms with Crippen LogP contribution in [0, 0.1) is 19.3 Å². The fraction of sp³-hybridized carbons (Fsp3) is 0.111. The molecular formula is C18H17N3O4S. The Balaban J connectivity index is 2.01. The molecule has 0 fully saturated rings. The highest BCUT2D eigenvalue weighted by Gasteiger charge is 2.15. The molecule has 0 aliphatic carbocycles. The molecule has 2 aromatic rings. The van der Waals surface area contributed by atoms with E-state index in [1.807, 2.05) is 0 Å². The summed E-state index contributed by atoms with van der Waals surface area (Å²) < 4.78 is 26.0. The Hall–Kier alpha value is -3.15. The van der Waals surface area contributed by atoms with Gasteiger partial charge in [0.1, 0.15) is 0 Å². The number of benzene rings is 2. The average Bonchev–Trinajstić information content (AvgIpc) is 2.64. The van der Waals surface area contributed by atoms with Crippen LogP contribution in [-0.4, -0.2) is 26.8 Å². The van der Waals surface area contributed by atoms with Crippen molar-refractivity contribution in [2.24, 2.45) is 0 Å². The Morgan fingerprint density at radius 1 is 1.00 bits per heavy atom. The lowest BCUT2D eigenvalue weighted by molar-refractivity contribution is 0.0846. The molecule has 26 heavy (non-hydrogen) atoms. The van der Waals surface area contributed by atoms with Gasteiger partial charge in [-0.15, -0.1) is 6.42 Å². The second-order valence-electron chi connectivity index (χ2n) is 5.28. The average molecular weight is 371 g/mol. The molecule has 0 saturated carbocycles. The molecule has 0 aliphatic heterocycles. The molecule has 0 atom stereocenters. The lowest BCUT2D eigenvalue weighted by Crippen LogP contribution is -2.41. The first-order chi connectivity index (χ1) is 12.3. The number of sulfonamides is 1.